The van der Waals surface area contributed by atoms with E-state index in [1.165, 1.54) is 29.9 Å². The van der Waals surface area contributed by atoms with E-state index in [-0.39, 0.29) is 30.5 Å². The van der Waals surface area contributed by atoms with E-state index in [4.69, 9.17) is 0 Å². The Kier molecular flexibility index (Phi) is 6.86. The van der Waals surface area contributed by atoms with E-state index >= 15 is 0 Å². The summed E-state index contributed by atoms with van der Waals surface area (Å²) < 4.78 is 39.6. The number of aliphatic hydroxyl groups excluding tert-OH is 1. The van der Waals surface area contributed by atoms with Gasteiger partial charge < -0.3 is 20.3 Å². The first-order valence-corrected chi connectivity index (χ1v) is 8.69. The third kappa shape index (κ3) is 5.73. The lowest BCUT2D eigenvalue weighted by atomic mass is 10.2. The molecule has 0 aliphatic rings. The Morgan fingerprint density at radius 1 is 1.30 bits per heavy atom. The fraction of sp³-hybridized carbons (Fsp3) is 0.312. The Morgan fingerprint density at radius 2 is 2.04 bits per heavy atom. The van der Waals surface area contributed by atoms with Crippen molar-refractivity contribution in [3.05, 3.63) is 41.7 Å². The minimum atomic E-state index is -4.50. The largest absolute Gasteiger partial charge is 0.416 e. The normalized spacial score (nSPS) is 11.3. The first-order valence-electron chi connectivity index (χ1n) is 7.70. The number of thioether (sulfide) groups is 1. The van der Waals surface area contributed by atoms with Crippen LogP contribution >= 0.6 is 11.8 Å². The van der Waals surface area contributed by atoms with E-state index < -0.39 is 17.6 Å². The van der Waals surface area contributed by atoms with E-state index in [9.17, 15) is 27.9 Å². The first kappa shape index (κ1) is 20.8. The Morgan fingerprint density at radius 3 is 2.67 bits per heavy atom. The molecule has 7 nitrogen and oxygen atoms in total. The lowest BCUT2D eigenvalue weighted by Crippen LogP contribution is -2.25. The number of nitrogens with one attached hydrogen (secondary N) is 2. The van der Waals surface area contributed by atoms with Crippen LogP contribution in [-0.2, 0) is 28.9 Å². The number of aliphatic hydroxyl groups is 1. The van der Waals surface area contributed by atoms with Crippen LogP contribution in [-0.4, -0.2) is 39.3 Å². The number of hydrogen-bond acceptors (Lipinski definition) is 5. The molecule has 0 unspecified atom stereocenters. The number of hydrogen-bond donors (Lipinski definition) is 3. The summed E-state index contributed by atoms with van der Waals surface area (Å²) in [6.07, 6.45) is -3.11. The molecule has 27 heavy (non-hydrogen) atoms. The number of rotatable bonds is 7. The molecule has 0 saturated heterocycles. The molecule has 1 heterocycles. The fourth-order valence-corrected chi connectivity index (χ4v) is 2.92. The molecule has 0 spiro atoms. The monoisotopic (exact) mass is 402 g/mol. The SMILES string of the molecule is CNC(=O)Cn1c(CO)cnc1SCC(=O)Nc1cccc(C(F)(F)F)c1. The lowest BCUT2D eigenvalue weighted by molar-refractivity contribution is -0.137. The molecule has 1 aromatic heterocycles. The van der Waals surface area contributed by atoms with E-state index in [0.29, 0.717) is 10.9 Å². The number of alkyl halides is 3. The van der Waals surface area contributed by atoms with Crippen LogP contribution in [0.3, 0.4) is 0 Å². The van der Waals surface area contributed by atoms with E-state index in [0.717, 1.165) is 23.9 Å². The highest BCUT2D eigenvalue weighted by atomic mass is 32.2. The molecule has 1 aromatic carbocycles. The van der Waals surface area contributed by atoms with Gasteiger partial charge >= 0.3 is 6.18 Å². The number of carbonyl (C=O) groups excluding carboxylic acids is 2. The number of halogens is 3. The summed E-state index contributed by atoms with van der Waals surface area (Å²) in [6, 6.07) is 4.32. The van der Waals surface area contributed by atoms with Gasteiger partial charge in [-0.25, -0.2) is 4.98 Å². The molecule has 0 saturated carbocycles. The van der Waals surface area contributed by atoms with Crippen molar-refractivity contribution in [1.82, 2.24) is 14.9 Å². The van der Waals surface area contributed by atoms with Crippen molar-refractivity contribution in [1.29, 1.82) is 0 Å². The maximum atomic E-state index is 12.7. The van der Waals surface area contributed by atoms with Crippen molar-refractivity contribution in [3.63, 3.8) is 0 Å². The minimum absolute atomic E-state index is 0.0279. The van der Waals surface area contributed by atoms with Crippen LogP contribution in [0.4, 0.5) is 18.9 Å². The average molecular weight is 402 g/mol. The predicted molar refractivity (Wildman–Crippen MR) is 93.0 cm³/mol. The number of carbonyl (C=O) groups is 2. The minimum Gasteiger partial charge on any atom is -0.390 e. The van der Waals surface area contributed by atoms with Crippen LogP contribution in [0.15, 0.2) is 35.6 Å². The van der Waals surface area contributed by atoms with Gasteiger partial charge in [-0.15, -0.1) is 0 Å². The number of imidazole rings is 1. The third-order valence-electron chi connectivity index (χ3n) is 3.45. The summed E-state index contributed by atoms with van der Waals surface area (Å²) in [5.74, 6) is -0.969. The van der Waals surface area contributed by atoms with Crippen LogP contribution in [0.1, 0.15) is 11.3 Å². The number of amides is 2. The summed E-state index contributed by atoms with van der Waals surface area (Å²) in [5, 5.41) is 14.5. The highest BCUT2D eigenvalue weighted by Crippen LogP contribution is 2.30. The molecule has 3 N–H and O–H groups in total. The Bertz CT molecular complexity index is 823. The number of aromatic nitrogens is 2. The van der Waals surface area contributed by atoms with Crippen molar-refractivity contribution in [2.24, 2.45) is 0 Å². The number of benzene rings is 1. The highest BCUT2D eigenvalue weighted by molar-refractivity contribution is 7.99. The van der Waals surface area contributed by atoms with Crippen LogP contribution in [0.25, 0.3) is 0 Å². The van der Waals surface area contributed by atoms with Gasteiger partial charge in [0, 0.05) is 12.7 Å². The van der Waals surface area contributed by atoms with Gasteiger partial charge in [-0.05, 0) is 18.2 Å². The molecule has 0 fully saturated rings. The number of likely N-dealkylation sites (N-methyl/N-ethyl adjacent to an activating group) is 1. The molecule has 0 bridgehead atoms. The summed E-state index contributed by atoms with van der Waals surface area (Å²) in [4.78, 5) is 27.7. The maximum absolute atomic E-state index is 12.7. The Hall–Kier alpha value is -2.53. The molecule has 0 radical (unpaired) electrons. The molecule has 2 amide bonds. The molecular weight excluding hydrogens is 385 g/mol. The second-order valence-electron chi connectivity index (χ2n) is 5.36. The van der Waals surface area contributed by atoms with Gasteiger partial charge in [0.15, 0.2) is 5.16 Å². The van der Waals surface area contributed by atoms with E-state index in [1.807, 2.05) is 0 Å². The van der Waals surface area contributed by atoms with Crippen LogP contribution in [0, 0.1) is 0 Å². The quantitative estimate of drug-likeness (QED) is 0.615. The van der Waals surface area contributed by atoms with Gasteiger partial charge in [0.1, 0.15) is 6.54 Å². The molecular formula is C16H17F3N4O3S. The zero-order valence-electron chi connectivity index (χ0n) is 14.2. The molecule has 0 aliphatic carbocycles. The first-order chi connectivity index (χ1) is 12.7. The molecule has 0 aliphatic heterocycles. The molecule has 0 atom stereocenters. The summed E-state index contributed by atoms with van der Waals surface area (Å²) in [6.45, 7) is -0.412. The smallest absolute Gasteiger partial charge is 0.390 e. The van der Waals surface area contributed by atoms with E-state index in [2.05, 4.69) is 15.6 Å². The Balaban J connectivity index is 2.02. The van der Waals surface area contributed by atoms with Gasteiger partial charge in [-0.1, -0.05) is 17.8 Å². The van der Waals surface area contributed by atoms with Crippen LogP contribution < -0.4 is 10.6 Å². The van der Waals surface area contributed by atoms with Gasteiger partial charge in [0.25, 0.3) is 0 Å². The van der Waals surface area contributed by atoms with Crippen molar-refractivity contribution >= 4 is 29.3 Å². The second-order valence-corrected chi connectivity index (χ2v) is 6.31. The number of nitrogens with zero attached hydrogens (tertiary/aromatic N) is 2. The average Bonchev–Trinajstić information content (AvgIpc) is 3.01. The van der Waals surface area contributed by atoms with Gasteiger partial charge in [-0.3, -0.25) is 9.59 Å². The zero-order valence-corrected chi connectivity index (χ0v) is 15.0. The van der Waals surface area contributed by atoms with Crippen molar-refractivity contribution in [2.75, 3.05) is 18.1 Å². The number of anilines is 1. The third-order valence-corrected chi connectivity index (χ3v) is 4.44. The lowest BCUT2D eigenvalue weighted by Gasteiger charge is -2.11. The predicted octanol–water partition coefficient (Wildman–Crippen LogP) is 1.87. The van der Waals surface area contributed by atoms with Crippen LogP contribution in [0.5, 0.6) is 0 Å². The standard InChI is InChI=1S/C16H17F3N4O3S/c1-20-13(25)7-23-12(8-24)6-21-15(23)27-9-14(26)22-11-4-2-3-10(5-11)16(17,18)19/h2-6,24H,7-9H2,1H3,(H,20,25)(H,22,26). The molecule has 2 rings (SSSR count). The van der Waals surface area contributed by atoms with Gasteiger partial charge in [0.05, 0.1) is 29.8 Å². The fourth-order valence-electron chi connectivity index (χ4n) is 2.13. The zero-order chi connectivity index (χ0) is 20.0. The van der Waals surface area contributed by atoms with Gasteiger partial charge in [-0.2, -0.15) is 13.2 Å². The van der Waals surface area contributed by atoms with Crippen molar-refractivity contribution in [3.8, 4) is 0 Å². The molecule has 146 valence electrons. The molecule has 11 heteroatoms. The summed E-state index contributed by atoms with van der Waals surface area (Å²) >= 11 is 0.999. The summed E-state index contributed by atoms with van der Waals surface area (Å²) in [5.41, 5.74) is -0.429. The van der Waals surface area contributed by atoms with Gasteiger partial charge in [0.2, 0.25) is 11.8 Å². The molecule has 2 aromatic rings. The highest BCUT2D eigenvalue weighted by Gasteiger charge is 2.30. The maximum Gasteiger partial charge on any atom is 0.416 e. The van der Waals surface area contributed by atoms with E-state index in [1.54, 1.807) is 0 Å². The van der Waals surface area contributed by atoms with Crippen LogP contribution in [0.2, 0.25) is 0 Å². The summed E-state index contributed by atoms with van der Waals surface area (Å²) in [7, 11) is 1.47. The van der Waals surface area contributed by atoms with Crippen molar-refractivity contribution < 1.29 is 27.9 Å². The second kappa shape index (κ2) is 8.91. The topological polar surface area (TPSA) is 96.2 Å². The van der Waals surface area contributed by atoms with Crippen molar-refractivity contribution in [2.45, 2.75) is 24.5 Å². The Labute approximate surface area is 157 Å².